The Kier molecular flexibility index (Phi) is 10.2. The quantitative estimate of drug-likeness (QED) is 0.688. The molecule has 0 saturated carbocycles. The minimum absolute atomic E-state index is 0.0829. The predicted octanol–water partition coefficient (Wildman–Crippen LogP) is 0.724. The van der Waals surface area contributed by atoms with Crippen LogP contribution < -0.4 is 0 Å². The van der Waals surface area contributed by atoms with Gasteiger partial charge >= 0.3 is 0 Å². The van der Waals surface area contributed by atoms with E-state index in [0.29, 0.717) is 39.1 Å². The number of likely N-dealkylation sites (N-methyl/N-ethyl adjacent to an activating group) is 1. The maximum absolute atomic E-state index is 13.0. The molecule has 1 aromatic rings. The lowest BCUT2D eigenvalue weighted by Gasteiger charge is -2.28. The molecule has 1 aromatic heterocycles. The number of aromatic nitrogens is 1. The molecule has 2 fully saturated rings. The van der Waals surface area contributed by atoms with Crippen LogP contribution in [0.2, 0.25) is 0 Å². The van der Waals surface area contributed by atoms with E-state index in [4.69, 9.17) is 14.6 Å². The summed E-state index contributed by atoms with van der Waals surface area (Å²) < 4.78 is 5.66. The van der Waals surface area contributed by atoms with Crippen molar-refractivity contribution in [1.29, 1.82) is 0 Å². The highest BCUT2D eigenvalue weighted by Crippen LogP contribution is 2.15. The van der Waals surface area contributed by atoms with E-state index in [1.54, 1.807) is 16.2 Å². The van der Waals surface area contributed by atoms with E-state index < -0.39 is 0 Å². The van der Waals surface area contributed by atoms with Crippen LogP contribution in [0.25, 0.3) is 0 Å². The topological polar surface area (TPSA) is 103 Å². The van der Waals surface area contributed by atoms with Crippen LogP contribution in [-0.2, 0) is 25.5 Å². The molecule has 0 spiro atoms. The van der Waals surface area contributed by atoms with Crippen LogP contribution >= 0.6 is 11.3 Å². The van der Waals surface area contributed by atoms with Gasteiger partial charge in [-0.25, -0.2) is 4.98 Å². The second kappa shape index (κ2) is 12.6. The van der Waals surface area contributed by atoms with E-state index in [1.807, 2.05) is 17.2 Å². The second-order valence-electron chi connectivity index (χ2n) is 7.56. The van der Waals surface area contributed by atoms with Gasteiger partial charge in [0.1, 0.15) is 0 Å². The fraction of sp³-hybridized carbons (Fsp3) is 0.700. The standard InChI is InChI=1S/C19H30N4O3S.CH2O2/c1-15-20-17(14-27-15)4-5-18(24)23-10-11-26-13-16(12-23)19(25)22-7-3-6-21(2)8-9-22;2-1-3/h14,16H,3-13H2,1-2H3;1H,(H,2,3). The highest BCUT2D eigenvalue weighted by atomic mass is 32.1. The van der Waals surface area contributed by atoms with Gasteiger partial charge in [0.15, 0.2) is 0 Å². The van der Waals surface area contributed by atoms with Gasteiger partial charge in [-0.3, -0.25) is 14.4 Å². The minimum atomic E-state index is -0.263. The third kappa shape index (κ3) is 7.66. The van der Waals surface area contributed by atoms with Crippen molar-refractivity contribution in [2.45, 2.75) is 26.2 Å². The van der Waals surface area contributed by atoms with Crippen molar-refractivity contribution >= 4 is 29.6 Å². The summed E-state index contributed by atoms with van der Waals surface area (Å²) >= 11 is 1.61. The number of ether oxygens (including phenoxy) is 1. The molecule has 2 amide bonds. The summed E-state index contributed by atoms with van der Waals surface area (Å²) in [6.07, 6.45) is 2.07. The van der Waals surface area contributed by atoms with Gasteiger partial charge in [-0.15, -0.1) is 11.3 Å². The molecule has 0 aromatic carbocycles. The number of rotatable bonds is 4. The van der Waals surface area contributed by atoms with Gasteiger partial charge in [0.25, 0.3) is 6.47 Å². The summed E-state index contributed by atoms with van der Waals surface area (Å²) in [5.74, 6) is -0.0546. The molecule has 1 N–H and O–H groups in total. The monoisotopic (exact) mass is 440 g/mol. The van der Waals surface area contributed by atoms with Gasteiger partial charge < -0.3 is 24.5 Å². The van der Waals surface area contributed by atoms with Gasteiger partial charge in [0.2, 0.25) is 11.8 Å². The van der Waals surface area contributed by atoms with Crippen LogP contribution in [0.3, 0.4) is 0 Å². The summed E-state index contributed by atoms with van der Waals surface area (Å²) in [6, 6.07) is 0. The fourth-order valence-electron chi connectivity index (χ4n) is 3.63. The zero-order valence-corrected chi connectivity index (χ0v) is 18.6. The van der Waals surface area contributed by atoms with E-state index in [1.165, 1.54) is 0 Å². The summed E-state index contributed by atoms with van der Waals surface area (Å²) in [5.41, 5.74) is 0.971. The maximum atomic E-state index is 13.0. The Morgan fingerprint density at radius 3 is 2.73 bits per heavy atom. The largest absolute Gasteiger partial charge is 0.483 e. The first-order valence-corrected chi connectivity index (χ1v) is 11.1. The zero-order chi connectivity index (χ0) is 21.9. The van der Waals surface area contributed by atoms with Crippen molar-refractivity contribution in [3.05, 3.63) is 16.1 Å². The lowest BCUT2D eigenvalue weighted by Crippen LogP contribution is -2.45. The molecule has 30 heavy (non-hydrogen) atoms. The highest BCUT2D eigenvalue weighted by Gasteiger charge is 2.31. The van der Waals surface area contributed by atoms with Crippen LogP contribution in [0.5, 0.6) is 0 Å². The van der Waals surface area contributed by atoms with Gasteiger partial charge in [-0.05, 0) is 33.4 Å². The Hall–Kier alpha value is -2.04. The molecule has 3 rings (SSSR count). The summed E-state index contributed by atoms with van der Waals surface area (Å²) in [7, 11) is 2.09. The van der Waals surface area contributed by atoms with E-state index in [-0.39, 0.29) is 24.2 Å². The second-order valence-corrected chi connectivity index (χ2v) is 8.62. The van der Waals surface area contributed by atoms with Crippen LogP contribution in [-0.4, -0.2) is 103 Å². The molecule has 3 heterocycles. The molecule has 0 bridgehead atoms. The SMILES string of the molecule is Cc1nc(CCC(=O)N2CCOCC(C(=O)N3CCCN(C)CC3)C2)cs1.O=CO. The van der Waals surface area contributed by atoms with Crippen LogP contribution in [0, 0.1) is 12.8 Å². The number of carbonyl (C=O) groups excluding carboxylic acids is 2. The predicted molar refractivity (Wildman–Crippen MR) is 113 cm³/mol. The zero-order valence-electron chi connectivity index (χ0n) is 17.8. The first-order valence-electron chi connectivity index (χ1n) is 10.3. The number of thiazole rings is 1. The number of carboxylic acid groups (broad SMARTS) is 1. The van der Waals surface area contributed by atoms with E-state index in [0.717, 1.165) is 43.3 Å². The summed E-state index contributed by atoms with van der Waals surface area (Å²) in [5, 5.41) is 9.92. The van der Waals surface area contributed by atoms with Crippen molar-refractivity contribution in [2.75, 3.05) is 59.5 Å². The smallest absolute Gasteiger partial charge is 0.290 e. The number of hydrogen-bond donors (Lipinski definition) is 1. The summed E-state index contributed by atoms with van der Waals surface area (Å²) in [6.45, 7) is 7.09. The van der Waals surface area contributed by atoms with E-state index >= 15 is 0 Å². The van der Waals surface area contributed by atoms with Gasteiger partial charge in [0, 0.05) is 44.5 Å². The molecule has 9 nitrogen and oxygen atoms in total. The molecule has 10 heteroatoms. The summed E-state index contributed by atoms with van der Waals surface area (Å²) in [4.78, 5) is 44.5. The molecule has 168 valence electrons. The number of aryl methyl sites for hydroxylation is 2. The van der Waals surface area contributed by atoms with Gasteiger partial charge in [0.05, 0.1) is 29.8 Å². The Morgan fingerprint density at radius 2 is 2.03 bits per heavy atom. The minimum Gasteiger partial charge on any atom is -0.483 e. The van der Waals surface area contributed by atoms with Crippen molar-refractivity contribution in [1.82, 2.24) is 19.7 Å². The highest BCUT2D eigenvalue weighted by molar-refractivity contribution is 7.09. The van der Waals surface area contributed by atoms with Gasteiger partial charge in [-0.2, -0.15) is 0 Å². The molecule has 2 aliphatic rings. The first kappa shape index (κ1) is 24.2. The first-order chi connectivity index (χ1) is 14.4. The average Bonchev–Trinajstić information content (AvgIpc) is 2.91. The molecular weight excluding hydrogens is 408 g/mol. The molecule has 1 unspecified atom stereocenters. The van der Waals surface area contributed by atoms with Crippen molar-refractivity contribution in [3.63, 3.8) is 0 Å². The number of hydrogen-bond acceptors (Lipinski definition) is 7. The van der Waals surface area contributed by atoms with Crippen molar-refractivity contribution in [3.8, 4) is 0 Å². The van der Waals surface area contributed by atoms with Crippen LogP contribution in [0.1, 0.15) is 23.5 Å². The van der Waals surface area contributed by atoms with Crippen LogP contribution in [0.4, 0.5) is 0 Å². The third-order valence-electron chi connectivity index (χ3n) is 5.26. The maximum Gasteiger partial charge on any atom is 0.290 e. The number of carbonyl (C=O) groups is 3. The molecular formula is C20H32N4O5S. The molecule has 0 radical (unpaired) electrons. The Labute approximate surface area is 181 Å². The lowest BCUT2D eigenvalue weighted by atomic mass is 10.1. The average molecular weight is 441 g/mol. The van der Waals surface area contributed by atoms with E-state index in [2.05, 4.69) is 16.9 Å². The Balaban J connectivity index is 0.00000101. The lowest BCUT2D eigenvalue weighted by molar-refractivity contribution is -0.138. The molecule has 2 aliphatic heterocycles. The fourth-order valence-corrected chi connectivity index (χ4v) is 4.27. The van der Waals surface area contributed by atoms with Crippen LogP contribution in [0.15, 0.2) is 5.38 Å². The van der Waals surface area contributed by atoms with Gasteiger partial charge in [-0.1, -0.05) is 0 Å². The number of amides is 2. The molecule has 2 saturated heterocycles. The Morgan fingerprint density at radius 1 is 1.27 bits per heavy atom. The number of nitrogens with zero attached hydrogens (tertiary/aromatic N) is 4. The molecule has 1 atom stereocenters. The van der Waals surface area contributed by atoms with E-state index in [9.17, 15) is 9.59 Å². The third-order valence-corrected chi connectivity index (χ3v) is 6.08. The normalized spacial score (nSPS) is 20.5. The van der Waals surface area contributed by atoms with Crippen molar-refractivity contribution < 1.29 is 24.2 Å². The Bertz CT molecular complexity index is 698. The molecule has 0 aliphatic carbocycles. The van der Waals surface area contributed by atoms with Crippen molar-refractivity contribution in [2.24, 2.45) is 5.92 Å².